The van der Waals surface area contributed by atoms with Crippen molar-refractivity contribution in [3.8, 4) is 0 Å². The van der Waals surface area contributed by atoms with E-state index in [4.69, 9.17) is 0 Å². The topological polar surface area (TPSA) is 23.6 Å². The number of para-hydroxylation sites is 1. The van der Waals surface area contributed by atoms with E-state index in [1.54, 1.807) is 11.3 Å². The van der Waals surface area contributed by atoms with Gasteiger partial charge in [0.05, 0.1) is 5.41 Å². The minimum absolute atomic E-state index is 0.310. The van der Waals surface area contributed by atoms with E-state index in [-0.39, 0.29) is 5.41 Å². The summed E-state index contributed by atoms with van der Waals surface area (Å²) in [5.41, 5.74) is 3.40. The molecule has 24 heavy (non-hydrogen) atoms. The van der Waals surface area contributed by atoms with E-state index in [1.165, 1.54) is 11.1 Å². The highest BCUT2D eigenvalue weighted by molar-refractivity contribution is 7.07. The smallest absolute Gasteiger partial charge is 0.239 e. The van der Waals surface area contributed by atoms with E-state index >= 15 is 0 Å². The Bertz CT molecular complexity index is 740. The molecule has 1 aromatic heterocycles. The van der Waals surface area contributed by atoms with Crippen LogP contribution in [0.4, 0.5) is 5.69 Å². The number of carbonyl (C=O) groups excluding carboxylic acids is 1. The second-order valence-corrected chi connectivity index (χ2v) is 8.28. The van der Waals surface area contributed by atoms with Crippen LogP contribution in [0.2, 0.25) is 0 Å². The largest absolute Gasteiger partial charge is 0.311 e. The number of amides is 1. The first kappa shape index (κ1) is 15.9. The van der Waals surface area contributed by atoms with Crippen LogP contribution in [0.15, 0.2) is 41.1 Å². The van der Waals surface area contributed by atoms with Crippen molar-refractivity contribution in [3.63, 3.8) is 0 Å². The molecule has 1 amide bonds. The Labute approximate surface area is 147 Å². The molecule has 3 heterocycles. The van der Waals surface area contributed by atoms with Crippen molar-refractivity contribution in [3.05, 3.63) is 52.2 Å². The molecule has 0 bridgehead atoms. The zero-order valence-corrected chi connectivity index (χ0v) is 15.2. The Balaban J connectivity index is 1.64. The molecular formula is C20H24N2OS. The molecule has 1 spiro atoms. The van der Waals surface area contributed by atoms with Crippen molar-refractivity contribution < 1.29 is 4.79 Å². The molecule has 0 unspecified atom stereocenters. The fourth-order valence-corrected chi connectivity index (χ4v) is 4.86. The molecular weight excluding hydrogens is 316 g/mol. The second kappa shape index (κ2) is 6.01. The van der Waals surface area contributed by atoms with Crippen LogP contribution >= 0.6 is 11.3 Å². The van der Waals surface area contributed by atoms with Gasteiger partial charge in [0, 0.05) is 25.3 Å². The first-order valence-electron chi connectivity index (χ1n) is 8.75. The quantitative estimate of drug-likeness (QED) is 0.843. The molecule has 0 saturated carbocycles. The summed E-state index contributed by atoms with van der Waals surface area (Å²) in [6, 6.07) is 10.6. The number of hydrogen-bond donors (Lipinski definition) is 0. The lowest BCUT2D eigenvalue weighted by atomic mass is 9.81. The van der Waals surface area contributed by atoms with Crippen LogP contribution in [-0.2, 0) is 16.8 Å². The Hall–Kier alpha value is -1.65. The van der Waals surface area contributed by atoms with Crippen LogP contribution in [0, 0.1) is 5.92 Å². The molecule has 2 aliphatic rings. The minimum Gasteiger partial charge on any atom is -0.311 e. The average Bonchev–Trinajstić information content (AvgIpc) is 3.26. The third-order valence-corrected chi connectivity index (χ3v) is 5.98. The molecule has 1 saturated heterocycles. The van der Waals surface area contributed by atoms with E-state index in [0.717, 1.165) is 38.3 Å². The van der Waals surface area contributed by atoms with Gasteiger partial charge >= 0.3 is 0 Å². The molecule has 4 rings (SSSR count). The van der Waals surface area contributed by atoms with E-state index in [0.29, 0.717) is 11.8 Å². The van der Waals surface area contributed by atoms with E-state index in [9.17, 15) is 4.79 Å². The van der Waals surface area contributed by atoms with Crippen molar-refractivity contribution in [2.75, 3.05) is 24.5 Å². The molecule has 1 aromatic carbocycles. The lowest BCUT2D eigenvalue weighted by Gasteiger charge is -2.25. The van der Waals surface area contributed by atoms with Crippen molar-refractivity contribution in [1.82, 2.24) is 4.90 Å². The molecule has 3 nitrogen and oxygen atoms in total. The fourth-order valence-electron chi connectivity index (χ4n) is 4.20. The molecule has 2 aromatic rings. The highest BCUT2D eigenvalue weighted by atomic mass is 32.1. The van der Waals surface area contributed by atoms with Crippen molar-refractivity contribution in [2.45, 2.75) is 32.2 Å². The summed E-state index contributed by atoms with van der Waals surface area (Å²) >= 11 is 1.74. The summed E-state index contributed by atoms with van der Waals surface area (Å²) in [6.07, 6.45) is 0.932. The Kier molecular flexibility index (Phi) is 3.97. The van der Waals surface area contributed by atoms with Crippen molar-refractivity contribution in [1.29, 1.82) is 0 Å². The first-order chi connectivity index (χ1) is 11.6. The van der Waals surface area contributed by atoms with E-state index < -0.39 is 0 Å². The highest BCUT2D eigenvalue weighted by Gasteiger charge is 2.54. The maximum Gasteiger partial charge on any atom is 0.239 e. The summed E-state index contributed by atoms with van der Waals surface area (Å²) in [6.45, 7) is 7.95. The highest BCUT2D eigenvalue weighted by Crippen LogP contribution is 2.47. The SMILES string of the molecule is CC(C)CN1C(=O)[C@@]2(CCN(Cc3ccsc3)C2)c2ccccc21. The predicted octanol–water partition coefficient (Wildman–Crippen LogP) is 3.89. The number of hydrogen-bond acceptors (Lipinski definition) is 3. The van der Waals surface area contributed by atoms with Gasteiger partial charge in [-0.2, -0.15) is 11.3 Å². The number of likely N-dealkylation sites (tertiary alicyclic amines) is 1. The van der Waals surface area contributed by atoms with Gasteiger partial charge in [-0.3, -0.25) is 9.69 Å². The number of benzene rings is 1. The number of carbonyl (C=O) groups is 1. The normalized spacial score (nSPS) is 23.6. The molecule has 0 radical (unpaired) electrons. The lowest BCUT2D eigenvalue weighted by molar-refractivity contribution is -0.122. The van der Waals surface area contributed by atoms with Gasteiger partial charge in [0.1, 0.15) is 0 Å². The molecule has 126 valence electrons. The van der Waals surface area contributed by atoms with Crippen LogP contribution in [0.1, 0.15) is 31.4 Å². The van der Waals surface area contributed by atoms with Crippen LogP contribution in [0.25, 0.3) is 0 Å². The first-order valence-corrected chi connectivity index (χ1v) is 9.69. The second-order valence-electron chi connectivity index (χ2n) is 7.50. The predicted molar refractivity (Wildman–Crippen MR) is 99.5 cm³/mol. The summed E-state index contributed by atoms with van der Waals surface area (Å²) in [7, 11) is 0. The molecule has 0 N–H and O–H groups in total. The fraction of sp³-hybridized carbons (Fsp3) is 0.450. The summed E-state index contributed by atoms with van der Waals surface area (Å²) in [4.78, 5) is 17.8. The summed E-state index contributed by atoms with van der Waals surface area (Å²) < 4.78 is 0. The number of nitrogens with zero attached hydrogens (tertiary/aromatic N) is 2. The lowest BCUT2D eigenvalue weighted by Crippen LogP contribution is -2.43. The van der Waals surface area contributed by atoms with Crippen molar-refractivity contribution in [2.24, 2.45) is 5.92 Å². The zero-order chi connectivity index (χ0) is 16.7. The van der Waals surface area contributed by atoms with E-state index in [1.807, 2.05) is 4.90 Å². The Morgan fingerprint density at radius 3 is 2.83 bits per heavy atom. The number of thiophene rings is 1. The minimum atomic E-state index is -0.332. The Morgan fingerprint density at radius 1 is 1.25 bits per heavy atom. The Morgan fingerprint density at radius 2 is 2.08 bits per heavy atom. The molecule has 1 fully saturated rings. The maximum absolute atomic E-state index is 13.4. The van der Waals surface area contributed by atoms with Gasteiger partial charge in [-0.05, 0) is 52.9 Å². The third kappa shape index (κ3) is 2.49. The summed E-state index contributed by atoms with van der Waals surface area (Å²) in [5.74, 6) is 0.783. The van der Waals surface area contributed by atoms with Gasteiger partial charge < -0.3 is 4.90 Å². The molecule has 4 heteroatoms. The van der Waals surface area contributed by atoms with Gasteiger partial charge in [-0.1, -0.05) is 32.0 Å². The zero-order valence-electron chi connectivity index (χ0n) is 14.4. The summed E-state index contributed by atoms with van der Waals surface area (Å²) in [5, 5.41) is 4.34. The number of anilines is 1. The van der Waals surface area contributed by atoms with Gasteiger partial charge in [-0.15, -0.1) is 0 Å². The average molecular weight is 340 g/mol. The molecule has 0 aliphatic carbocycles. The van der Waals surface area contributed by atoms with Gasteiger partial charge in [0.2, 0.25) is 5.91 Å². The van der Waals surface area contributed by atoms with Crippen LogP contribution in [0.3, 0.4) is 0 Å². The van der Waals surface area contributed by atoms with Crippen LogP contribution in [-0.4, -0.2) is 30.4 Å². The molecule has 1 atom stereocenters. The third-order valence-electron chi connectivity index (χ3n) is 5.25. The number of rotatable bonds is 4. The maximum atomic E-state index is 13.4. The van der Waals surface area contributed by atoms with Gasteiger partial charge in [-0.25, -0.2) is 0 Å². The standard InChI is InChI=1S/C20H24N2OS/c1-15(2)11-22-18-6-4-3-5-17(18)20(19(22)23)8-9-21(14-20)12-16-7-10-24-13-16/h3-7,10,13,15H,8-9,11-12,14H2,1-2H3/t20-/m1/s1. The van der Waals surface area contributed by atoms with Gasteiger partial charge in [0.15, 0.2) is 0 Å². The van der Waals surface area contributed by atoms with Crippen LogP contribution in [0.5, 0.6) is 0 Å². The van der Waals surface area contributed by atoms with Gasteiger partial charge in [0.25, 0.3) is 0 Å². The van der Waals surface area contributed by atoms with Crippen LogP contribution < -0.4 is 4.90 Å². The number of fused-ring (bicyclic) bond motifs is 2. The van der Waals surface area contributed by atoms with Crippen molar-refractivity contribution >= 4 is 22.9 Å². The monoisotopic (exact) mass is 340 g/mol. The van der Waals surface area contributed by atoms with E-state index in [2.05, 4.69) is 59.8 Å². The molecule has 2 aliphatic heterocycles.